The predicted molar refractivity (Wildman–Crippen MR) is 60.8 cm³/mol. The van der Waals surface area contributed by atoms with Crippen LogP contribution in [0.4, 0.5) is 10.2 Å². The number of anilines is 1. The van der Waals surface area contributed by atoms with Crippen LogP contribution in [0.25, 0.3) is 0 Å². The van der Waals surface area contributed by atoms with Crippen LogP contribution in [-0.2, 0) is 4.74 Å². The van der Waals surface area contributed by atoms with Gasteiger partial charge in [0.15, 0.2) is 11.6 Å². The molecule has 1 rings (SSSR count). The predicted octanol–water partition coefficient (Wildman–Crippen LogP) is 0.271. The van der Waals surface area contributed by atoms with Crippen molar-refractivity contribution in [2.75, 3.05) is 19.1 Å². The number of nitrogen functional groups attached to an aromatic ring is 1. The Hall–Kier alpha value is -1.73. The molecule has 1 unspecified atom stereocenters. The lowest BCUT2D eigenvalue weighted by molar-refractivity contribution is 0.0901. The Morgan fingerprint density at radius 2 is 2.41 bits per heavy atom. The molecule has 1 atom stereocenters. The highest BCUT2D eigenvalue weighted by Gasteiger charge is 2.17. The third-order valence-electron chi connectivity index (χ3n) is 2.06. The molecule has 0 saturated carbocycles. The van der Waals surface area contributed by atoms with Crippen LogP contribution in [0.5, 0.6) is 0 Å². The summed E-state index contributed by atoms with van der Waals surface area (Å²) in [6.07, 6.45) is 1.30. The fourth-order valence-electron chi connectivity index (χ4n) is 1.31. The summed E-state index contributed by atoms with van der Waals surface area (Å²) in [5, 5.41) is 2.59. The number of ether oxygens (including phenoxy) is 1. The average Bonchev–Trinajstić information content (AvgIpc) is 2.29. The maximum absolute atomic E-state index is 13.7. The molecule has 0 aliphatic rings. The Morgan fingerprint density at radius 1 is 1.71 bits per heavy atom. The van der Waals surface area contributed by atoms with E-state index in [-0.39, 0.29) is 17.4 Å². The molecule has 0 aromatic carbocycles. The third-order valence-corrected chi connectivity index (χ3v) is 2.06. The van der Waals surface area contributed by atoms with E-state index < -0.39 is 11.7 Å². The molecule has 6 nitrogen and oxygen atoms in total. The number of pyridine rings is 1. The Labute approximate surface area is 98.3 Å². The summed E-state index contributed by atoms with van der Waals surface area (Å²) >= 11 is 0. The second-order valence-electron chi connectivity index (χ2n) is 3.50. The number of methoxy groups -OCH3 is 1. The highest BCUT2D eigenvalue weighted by Crippen LogP contribution is 2.13. The summed E-state index contributed by atoms with van der Waals surface area (Å²) < 4.78 is 18.5. The minimum Gasteiger partial charge on any atom is -0.383 e. The molecule has 0 aliphatic carbocycles. The van der Waals surface area contributed by atoms with Crippen LogP contribution in [-0.4, -0.2) is 30.6 Å². The Morgan fingerprint density at radius 3 is 3.00 bits per heavy atom. The molecule has 0 fully saturated rings. The molecular formula is C10H15FN4O2. The zero-order valence-corrected chi connectivity index (χ0v) is 9.66. The Bertz CT molecular complexity index is 400. The van der Waals surface area contributed by atoms with Crippen molar-refractivity contribution >= 4 is 11.7 Å². The standard InChI is InChI=1S/C10H15FN4O2/c1-6(5-17-2)14-10(16)7-3-4-13-9(15-12)8(7)11/h3-4,6H,5,12H2,1-2H3,(H,13,15)(H,14,16). The van der Waals surface area contributed by atoms with Gasteiger partial charge in [-0.2, -0.15) is 0 Å². The molecule has 0 saturated heterocycles. The number of nitrogens with zero attached hydrogens (tertiary/aromatic N) is 1. The smallest absolute Gasteiger partial charge is 0.254 e. The number of amides is 1. The fourth-order valence-corrected chi connectivity index (χ4v) is 1.31. The van der Waals surface area contributed by atoms with E-state index in [1.165, 1.54) is 19.4 Å². The van der Waals surface area contributed by atoms with E-state index in [4.69, 9.17) is 10.6 Å². The Kier molecular flexibility index (Phi) is 4.80. The van der Waals surface area contributed by atoms with Crippen molar-refractivity contribution in [3.8, 4) is 0 Å². The number of hydrogen-bond donors (Lipinski definition) is 3. The number of nitrogens with one attached hydrogen (secondary N) is 2. The highest BCUT2D eigenvalue weighted by atomic mass is 19.1. The molecule has 4 N–H and O–H groups in total. The van der Waals surface area contributed by atoms with E-state index in [2.05, 4.69) is 15.7 Å². The number of rotatable bonds is 5. The molecule has 0 aliphatic heterocycles. The largest absolute Gasteiger partial charge is 0.383 e. The van der Waals surface area contributed by atoms with Gasteiger partial charge in [-0.1, -0.05) is 0 Å². The lowest BCUT2D eigenvalue weighted by Crippen LogP contribution is -2.36. The van der Waals surface area contributed by atoms with Gasteiger partial charge in [0, 0.05) is 19.3 Å². The quantitative estimate of drug-likeness (QED) is 0.509. The van der Waals surface area contributed by atoms with Crippen molar-refractivity contribution in [2.45, 2.75) is 13.0 Å². The van der Waals surface area contributed by atoms with Gasteiger partial charge in [0.05, 0.1) is 12.2 Å². The molecule has 17 heavy (non-hydrogen) atoms. The van der Waals surface area contributed by atoms with Crippen molar-refractivity contribution in [3.05, 3.63) is 23.6 Å². The number of nitrogens with two attached hydrogens (primary N) is 1. The van der Waals surface area contributed by atoms with Crippen molar-refractivity contribution in [1.82, 2.24) is 10.3 Å². The van der Waals surface area contributed by atoms with E-state index in [1.54, 1.807) is 6.92 Å². The van der Waals surface area contributed by atoms with Crippen LogP contribution in [0.15, 0.2) is 12.3 Å². The maximum Gasteiger partial charge on any atom is 0.254 e. The van der Waals surface area contributed by atoms with E-state index in [1.807, 2.05) is 0 Å². The van der Waals surface area contributed by atoms with Gasteiger partial charge < -0.3 is 15.5 Å². The fraction of sp³-hybridized carbons (Fsp3) is 0.400. The average molecular weight is 242 g/mol. The molecule has 7 heteroatoms. The highest BCUT2D eigenvalue weighted by molar-refractivity contribution is 5.95. The van der Waals surface area contributed by atoms with Gasteiger partial charge >= 0.3 is 0 Å². The normalized spacial score (nSPS) is 12.0. The summed E-state index contributed by atoms with van der Waals surface area (Å²) in [6, 6.07) is 1.07. The van der Waals surface area contributed by atoms with E-state index in [0.717, 1.165) is 0 Å². The lowest BCUT2D eigenvalue weighted by Gasteiger charge is -2.13. The van der Waals surface area contributed by atoms with Crippen LogP contribution in [0.1, 0.15) is 17.3 Å². The minimum atomic E-state index is -0.780. The van der Waals surface area contributed by atoms with Gasteiger partial charge in [-0.25, -0.2) is 15.2 Å². The second-order valence-corrected chi connectivity index (χ2v) is 3.50. The molecule has 1 amide bonds. The molecule has 0 radical (unpaired) electrons. The first kappa shape index (κ1) is 13.3. The molecule has 94 valence electrons. The second kappa shape index (κ2) is 6.12. The zero-order valence-electron chi connectivity index (χ0n) is 9.66. The topological polar surface area (TPSA) is 89.3 Å². The summed E-state index contributed by atoms with van der Waals surface area (Å²) in [4.78, 5) is 15.4. The van der Waals surface area contributed by atoms with E-state index >= 15 is 0 Å². The van der Waals surface area contributed by atoms with Crippen molar-refractivity contribution in [1.29, 1.82) is 0 Å². The van der Waals surface area contributed by atoms with Crippen LogP contribution in [0, 0.1) is 5.82 Å². The van der Waals surface area contributed by atoms with Crippen LogP contribution < -0.4 is 16.6 Å². The summed E-state index contributed by atoms with van der Waals surface area (Å²) in [7, 11) is 1.52. The first-order valence-corrected chi connectivity index (χ1v) is 5.01. The van der Waals surface area contributed by atoms with Gasteiger partial charge in [0.25, 0.3) is 5.91 Å². The SMILES string of the molecule is COCC(C)NC(=O)c1ccnc(NN)c1F. The van der Waals surface area contributed by atoms with Crippen LogP contribution >= 0.6 is 0 Å². The van der Waals surface area contributed by atoms with Gasteiger partial charge in [0.1, 0.15) is 0 Å². The lowest BCUT2D eigenvalue weighted by atomic mass is 10.2. The number of aromatic nitrogens is 1. The van der Waals surface area contributed by atoms with Gasteiger partial charge in [-0.15, -0.1) is 0 Å². The minimum absolute atomic E-state index is 0.115. The number of carbonyl (C=O) groups excluding carboxylic acids is 1. The third kappa shape index (κ3) is 3.36. The molecule has 1 heterocycles. The van der Waals surface area contributed by atoms with Crippen molar-refractivity contribution in [2.24, 2.45) is 5.84 Å². The van der Waals surface area contributed by atoms with Crippen LogP contribution in [0.2, 0.25) is 0 Å². The molecule has 0 spiro atoms. The summed E-state index contributed by atoms with van der Waals surface area (Å²) in [5.41, 5.74) is 1.96. The summed E-state index contributed by atoms with van der Waals surface area (Å²) in [5.74, 6) is 3.58. The number of halogens is 1. The number of hydrogen-bond acceptors (Lipinski definition) is 5. The zero-order chi connectivity index (χ0) is 12.8. The molecule has 1 aromatic rings. The monoisotopic (exact) mass is 242 g/mol. The molecule has 1 aromatic heterocycles. The summed E-state index contributed by atoms with van der Waals surface area (Å²) in [6.45, 7) is 2.10. The van der Waals surface area contributed by atoms with Gasteiger partial charge in [-0.05, 0) is 13.0 Å². The number of carbonyl (C=O) groups is 1. The van der Waals surface area contributed by atoms with E-state index in [9.17, 15) is 9.18 Å². The van der Waals surface area contributed by atoms with Gasteiger partial charge in [-0.3, -0.25) is 4.79 Å². The molecule has 0 bridgehead atoms. The first-order chi connectivity index (χ1) is 8.10. The Balaban J connectivity index is 2.82. The first-order valence-electron chi connectivity index (χ1n) is 5.01. The van der Waals surface area contributed by atoms with Gasteiger partial charge in [0.2, 0.25) is 0 Å². The molecular weight excluding hydrogens is 227 g/mol. The van der Waals surface area contributed by atoms with E-state index in [0.29, 0.717) is 6.61 Å². The maximum atomic E-state index is 13.7. The van der Waals surface area contributed by atoms with Crippen LogP contribution in [0.3, 0.4) is 0 Å². The van der Waals surface area contributed by atoms with Crippen molar-refractivity contribution < 1.29 is 13.9 Å². The van der Waals surface area contributed by atoms with Crippen molar-refractivity contribution in [3.63, 3.8) is 0 Å². The number of hydrazine groups is 1.